The van der Waals surface area contributed by atoms with Crippen LogP contribution in [0.1, 0.15) is 31.9 Å². The van der Waals surface area contributed by atoms with E-state index in [4.69, 9.17) is 16.3 Å². The number of benzene rings is 1. The Kier molecular flexibility index (Phi) is 6.77. The first-order valence-corrected chi connectivity index (χ1v) is 8.25. The van der Waals surface area contributed by atoms with Gasteiger partial charge >= 0.3 is 12.0 Å². The highest BCUT2D eigenvalue weighted by molar-refractivity contribution is 6.31. The van der Waals surface area contributed by atoms with E-state index in [2.05, 4.69) is 15.6 Å². The number of carbonyl (C=O) groups excluding carboxylic acids is 2. The number of hydrogen-bond donors (Lipinski definition) is 2. The number of rotatable bonds is 6. The molecule has 7 heteroatoms. The first-order chi connectivity index (χ1) is 12.0. The Hall–Kier alpha value is -2.60. The number of nitrogens with one attached hydrogen (secondary N) is 2. The summed E-state index contributed by atoms with van der Waals surface area (Å²) in [7, 11) is 0. The summed E-state index contributed by atoms with van der Waals surface area (Å²) in [5, 5.41) is 5.90. The van der Waals surface area contributed by atoms with E-state index in [0.29, 0.717) is 16.3 Å². The molecule has 0 radical (unpaired) electrons. The second kappa shape index (κ2) is 9.03. The van der Waals surface area contributed by atoms with E-state index in [1.54, 1.807) is 56.4 Å². The zero-order valence-electron chi connectivity index (χ0n) is 14.0. The highest BCUT2D eigenvalue weighted by Gasteiger charge is 2.22. The zero-order chi connectivity index (χ0) is 18.2. The SMILES string of the molecule is CC(C)OC(=O)CC(NC(=O)Nc1cccnc1)c1ccccc1Cl. The average molecular weight is 362 g/mol. The summed E-state index contributed by atoms with van der Waals surface area (Å²) >= 11 is 6.22. The molecule has 132 valence electrons. The molecule has 2 amide bonds. The molecule has 0 bridgehead atoms. The molecule has 1 atom stereocenters. The molecular formula is C18H20ClN3O3. The summed E-state index contributed by atoms with van der Waals surface area (Å²) in [6.07, 6.45) is 2.88. The third-order valence-electron chi connectivity index (χ3n) is 3.24. The lowest BCUT2D eigenvalue weighted by Crippen LogP contribution is -2.34. The number of nitrogens with zero attached hydrogens (tertiary/aromatic N) is 1. The minimum atomic E-state index is -0.614. The number of anilines is 1. The van der Waals surface area contributed by atoms with Gasteiger partial charge in [0, 0.05) is 11.2 Å². The molecule has 2 N–H and O–H groups in total. The fourth-order valence-corrected chi connectivity index (χ4v) is 2.50. The second-order valence-corrected chi connectivity index (χ2v) is 6.06. The third-order valence-corrected chi connectivity index (χ3v) is 3.59. The van der Waals surface area contributed by atoms with Gasteiger partial charge in [0.15, 0.2) is 0 Å². The van der Waals surface area contributed by atoms with Crippen LogP contribution in [0.2, 0.25) is 5.02 Å². The molecule has 0 spiro atoms. The summed E-state index contributed by atoms with van der Waals surface area (Å²) < 4.78 is 5.18. The number of halogens is 1. The number of hydrogen-bond acceptors (Lipinski definition) is 4. The molecule has 1 aromatic heterocycles. The van der Waals surface area contributed by atoms with Crippen molar-refractivity contribution in [2.24, 2.45) is 0 Å². The van der Waals surface area contributed by atoms with Gasteiger partial charge in [-0.2, -0.15) is 0 Å². The highest BCUT2D eigenvalue weighted by atomic mass is 35.5. The summed E-state index contributed by atoms with van der Waals surface area (Å²) in [5.74, 6) is -0.415. The van der Waals surface area contributed by atoms with Crippen LogP contribution in [0.25, 0.3) is 0 Å². The van der Waals surface area contributed by atoms with E-state index >= 15 is 0 Å². The van der Waals surface area contributed by atoms with E-state index in [1.807, 2.05) is 0 Å². The molecule has 0 saturated heterocycles. The van der Waals surface area contributed by atoms with Crippen molar-refractivity contribution in [3.05, 3.63) is 59.4 Å². The molecule has 2 aromatic rings. The first kappa shape index (κ1) is 18.7. The quantitative estimate of drug-likeness (QED) is 0.764. The number of aromatic nitrogens is 1. The van der Waals surface area contributed by atoms with Crippen LogP contribution in [-0.4, -0.2) is 23.1 Å². The predicted octanol–water partition coefficient (Wildman–Crippen LogP) is 3.94. The molecule has 1 unspecified atom stereocenters. The largest absolute Gasteiger partial charge is 0.463 e. The molecule has 2 rings (SSSR count). The molecule has 1 heterocycles. The Labute approximate surface area is 151 Å². The van der Waals surface area contributed by atoms with Crippen molar-refractivity contribution >= 4 is 29.3 Å². The van der Waals surface area contributed by atoms with Gasteiger partial charge in [0.25, 0.3) is 0 Å². The summed E-state index contributed by atoms with van der Waals surface area (Å²) in [6.45, 7) is 3.54. The Morgan fingerprint density at radius 2 is 1.96 bits per heavy atom. The molecule has 25 heavy (non-hydrogen) atoms. The van der Waals surface area contributed by atoms with Crippen molar-refractivity contribution in [2.45, 2.75) is 32.4 Å². The van der Waals surface area contributed by atoms with Crippen molar-refractivity contribution in [3.8, 4) is 0 Å². The molecule has 0 aliphatic rings. The van der Waals surface area contributed by atoms with Crippen molar-refractivity contribution in [2.75, 3.05) is 5.32 Å². The summed E-state index contributed by atoms with van der Waals surface area (Å²) in [4.78, 5) is 28.2. The van der Waals surface area contributed by atoms with E-state index in [-0.39, 0.29) is 12.5 Å². The normalized spacial score (nSPS) is 11.7. The summed E-state index contributed by atoms with van der Waals surface area (Å²) in [6, 6.07) is 9.39. The van der Waals surface area contributed by atoms with Crippen LogP contribution in [0.5, 0.6) is 0 Å². The maximum Gasteiger partial charge on any atom is 0.319 e. The van der Waals surface area contributed by atoms with Gasteiger partial charge in [0.2, 0.25) is 0 Å². The van der Waals surface area contributed by atoms with Crippen LogP contribution in [0.4, 0.5) is 10.5 Å². The number of carbonyl (C=O) groups is 2. The standard InChI is InChI=1S/C18H20ClN3O3/c1-12(2)25-17(23)10-16(14-7-3-4-8-15(14)19)22-18(24)21-13-6-5-9-20-11-13/h3-9,11-12,16H,10H2,1-2H3,(H2,21,22,24). The minimum absolute atomic E-state index is 0.0254. The lowest BCUT2D eigenvalue weighted by Gasteiger charge is -2.20. The fourth-order valence-electron chi connectivity index (χ4n) is 2.24. The van der Waals surface area contributed by atoms with Gasteiger partial charge in [0.05, 0.1) is 30.5 Å². The topological polar surface area (TPSA) is 80.3 Å². The third kappa shape index (κ3) is 6.08. The first-order valence-electron chi connectivity index (χ1n) is 7.87. The van der Waals surface area contributed by atoms with Crippen LogP contribution in [0.15, 0.2) is 48.8 Å². The lowest BCUT2D eigenvalue weighted by atomic mass is 10.0. The van der Waals surface area contributed by atoms with Gasteiger partial charge in [-0.1, -0.05) is 29.8 Å². The Morgan fingerprint density at radius 1 is 1.20 bits per heavy atom. The van der Waals surface area contributed by atoms with Gasteiger partial charge < -0.3 is 15.4 Å². The molecule has 6 nitrogen and oxygen atoms in total. The zero-order valence-corrected chi connectivity index (χ0v) is 14.8. The van der Waals surface area contributed by atoms with Crippen LogP contribution < -0.4 is 10.6 Å². The van der Waals surface area contributed by atoms with E-state index in [9.17, 15) is 9.59 Å². The Balaban J connectivity index is 2.12. The number of urea groups is 1. The van der Waals surface area contributed by atoms with Crippen molar-refractivity contribution in [1.29, 1.82) is 0 Å². The fraction of sp³-hybridized carbons (Fsp3) is 0.278. The smallest absolute Gasteiger partial charge is 0.319 e. The van der Waals surface area contributed by atoms with Crippen LogP contribution in [-0.2, 0) is 9.53 Å². The number of amides is 2. The Morgan fingerprint density at radius 3 is 2.60 bits per heavy atom. The van der Waals surface area contributed by atoms with Crippen molar-refractivity contribution in [3.63, 3.8) is 0 Å². The lowest BCUT2D eigenvalue weighted by molar-refractivity contribution is -0.147. The molecular weight excluding hydrogens is 342 g/mol. The average Bonchev–Trinajstić information content (AvgIpc) is 2.54. The predicted molar refractivity (Wildman–Crippen MR) is 96.4 cm³/mol. The molecule has 0 aliphatic carbocycles. The second-order valence-electron chi connectivity index (χ2n) is 5.66. The number of pyridine rings is 1. The number of ether oxygens (including phenoxy) is 1. The van der Waals surface area contributed by atoms with Gasteiger partial charge in [-0.25, -0.2) is 4.79 Å². The molecule has 0 fully saturated rings. The maximum atomic E-state index is 12.3. The summed E-state index contributed by atoms with van der Waals surface area (Å²) in [5.41, 5.74) is 1.19. The molecule has 0 saturated carbocycles. The number of esters is 1. The molecule has 0 aliphatic heterocycles. The van der Waals surface area contributed by atoms with E-state index in [0.717, 1.165) is 0 Å². The van der Waals surface area contributed by atoms with Crippen LogP contribution in [0, 0.1) is 0 Å². The van der Waals surface area contributed by atoms with Crippen molar-refractivity contribution < 1.29 is 14.3 Å². The van der Waals surface area contributed by atoms with Crippen molar-refractivity contribution in [1.82, 2.24) is 10.3 Å². The van der Waals surface area contributed by atoms with E-state index in [1.165, 1.54) is 6.20 Å². The van der Waals surface area contributed by atoms with Gasteiger partial charge in [0.1, 0.15) is 0 Å². The van der Waals surface area contributed by atoms with E-state index < -0.39 is 18.0 Å². The van der Waals surface area contributed by atoms with Gasteiger partial charge in [-0.3, -0.25) is 9.78 Å². The monoisotopic (exact) mass is 361 g/mol. The van der Waals surface area contributed by atoms with Crippen LogP contribution in [0.3, 0.4) is 0 Å². The maximum absolute atomic E-state index is 12.3. The highest BCUT2D eigenvalue weighted by Crippen LogP contribution is 2.25. The van der Waals surface area contributed by atoms with Crippen LogP contribution >= 0.6 is 11.6 Å². The van der Waals surface area contributed by atoms with Gasteiger partial charge in [-0.05, 0) is 37.6 Å². The van der Waals surface area contributed by atoms with Gasteiger partial charge in [-0.15, -0.1) is 0 Å². The Bertz CT molecular complexity index is 723. The minimum Gasteiger partial charge on any atom is -0.463 e. The molecule has 1 aromatic carbocycles.